The molecule has 166 valence electrons. The molecule has 1 aliphatic rings. The summed E-state index contributed by atoms with van der Waals surface area (Å²) in [5.74, 6) is -2.88. The van der Waals surface area contributed by atoms with Crippen molar-refractivity contribution >= 4 is 50.8 Å². The highest BCUT2D eigenvalue weighted by Crippen LogP contribution is 2.23. The Morgan fingerprint density at radius 2 is 1.74 bits per heavy atom. The number of morpholine rings is 1. The van der Waals surface area contributed by atoms with Gasteiger partial charge in [0.2, 0.25) is 10.0 Å². The van der Waals surface area contributed by atoms with Crippen LogP contribution in [-0.4, -0.2) is 57.5 Å². The Morgan fingerprint density at radius 3 is 2.39 bits per heavy atom. The van der Waals surface area contributed by atoms with Gasteiger partial charge in [0.15, 0.2) is 6.61 Å². The van der Waals surface area contributed by atoms with Gasteiger partial charge in [-0.05, 0) is 36.4 Å². The first-order valence-corrected chi connectivity index (χ1v) is 11.2. The van der Waals surface area contributed by atoms with E-state index in [1.54, 1.807) is 0 Å². The van der Waals surface area contributed by atoms with Crippen molar-refractivity contribution in [2.75, 3.05) is 38.2 Å². The molecule has 1 fully saturated rings. The van der Waals surface area contributed by atoms with Gasteiger partial charge in [-0.15, -0.1) is 0 Å². The Kier molecular flexibility index (Phi) is 7.50. The molecule has 1 amide bonds. The van der Waals surface area contributed by atoms with Gasteiger partial charge in [-0.25, -0.2) is 17.6 Å². The number of sulfonamides is 1. The summed E-state index contributed by atoms with van der Waals surface area (Å²) < 4.78 is 50.7. The zero-order chi connectivity index (χ0) is 22.6. The molecule has 2 aromatic carbocycles. The van der Waals surface area contributed by atoms with Gasteiger partial charge in [0.1, 0.15) is 5.82 Å². The summed E-state index contributed by atoms with van der Waals surface area (Å²) in [5, 5.41) is 3.01. The second-order valence-electron chi connectivity index (χ2n) is 6.44. The Balaban J connectivity index is 1.68. The van der Waals surface area contributed by atoms with E-state index in [-0.39, 0.29) is 36.9 Å². The van der Waals surface area contributed by atoms with Crippen molar-refractivity contribution in [3.05, 3.63) is 57.8 Å². The number of carbonyl (C=O) groups excluding carboxylic acids is 2. The molecule has 0 unspecified atom stereocenters. The minimum atomic E-state index is -3.94. The summed E-state index contributed by atoms with van der Waals surface area (Å²) in [4.78, 5) is 24.0. The minimum Gasteiger partial charge on any atom is -0.452 e. The topological polar surface area (TPSA) is 102 Å². The van der Waals surface area contributed by atoms with Crippen LogP contribution in [0.25, 0.3) is 0 Å². The molecule has 12 heteroatoms. The van der Waals surface area contributed by atoms with E-state index in [2.05, 4.69) is 5.32 Å². The predicted octanol–water partition coefficient (Wildman–Crippen LogP) is 2.95. The van der Waals surface area contributed by atoms with Crippen molar-refractivity contribution in [3.63, 3.8) is 0 Å². The summed E-state index contributed by atoms with van der Waals surface area (Å²) >= 11 is 11.7. The van der Waals surface area contributed by atoms with Crippen molar-refractivity contribution in [2.45, 2.75) is 4.90 Å². The van der Waals surface area contributed by atoms with Crippen LogP contribution in [0.2, 0.25) is 10.0 Å². The molecule has 0 saturated carbocycles. The van der Waals surface area contributed by atoms with Crippen LogP contribution in [-0.2, 0) is 24.3 Å². The van der Waals surface area contributed by atoms with Gasteiger partial charge in [-0.3, -0.25) is 4.79 Å². The maximum Gasteiger partial charge on any atom is 0.341 e. The molecule has 0 aliphatic carbocycles. The number of benzene rings is 2. The molecule has 0 aromatic heterocycles. The number of ether oxygens (including phenoxy) is 2. The fourth-order valence-electron chi connectivity index (χ4n) is 2.79. The molecular formula is C19H17Cl2FN2O6S. The first-order chi connectivity index (χ1) is 14.7. The van der Waals surface area contributed by atoms with Gasteiger partial charge in [0.25, 0.3) is 5.91 Å². The van der Waals surface area contributed by atoms with Gasteiger partial charge in [-0.1, -0.05) is 23.2 Å². The normalized spacial score (nSPS) is 14.8. The second kappa shape index (κ2) is 9.92. The van der Waals surface area contributed by atoms with E-state index in [0.717, 1.165) is 18.2 Å². The number of hydrogen-bond acceptors (Lipinski definition) is 6. The first-order valence-electron chi connectivity index (χ1n) is 8.97. The molecule has 3 rings (SSSR count). The fourth-order valence-corrected chi connectivity index (χ4v) is 4.75. The molecule has 1 aliphatic heterocycles. The second-order valence-corrected chi connectivity index (χ2v) is 9.25. The van der Waals surface area contributed by atoms with E-state index in [9.17, 15) is 22.4 Å². The van der Waals surface area contributed by atoms with Gasteiger partial charge in [0, 0.05) is 28.8 Å². The lowest BCUT2D eigenvalue weighted by Gasteiger charge is -2.26. The van der Waals surface area contributed by atoms with Crippen molar-refractivity contribution in [1.29, 1.82) is 0 Å². The summed E-state index contributed by atoms with van der Waals surface area (Å²) in [5.41, 5.74) is -0.323. The lowest BCUT2D eigenvalue weighted by Crippen LogP contribution is -2.40. The SMILES string of the molecule is O=C(COC(=O)c1cc(S(=O)(=O)N2CCOCC2)ccc1F)Nc1cc(Cl)cc(Cl)c1. The maximum atomic E-state index is 14.2. The number of hydrogen-bond donors (Lipinski definition) is 1. The summed E-state index contributed by atoms with van der Waals surface area (Å²) in [6, 6.07) is 7.15. The van der Waals surface area contributed by atoms with Crippen molar-refractivity contribution in [2.24, 2.45) is 0 Å². The molecule has 0 spiro atoms. The Morgan fingerprint density at radius 1 is 1.10 bits per heavy atom. The summed E-state index contributed by atoms with van der Waals surface area (Å²) in [6.07, 6.45) is 0. The number of amides is 1. The van der Waals surface area contributed by atoms with Crippen LogP contribution in [0.3, 0.4) is 0 Å². The molecule has 2 aromatic rings. The largest absolute Gasteiger partial charge is 0.452 e. The molecule has 1 N–H and O–H groups in total. The monoisotopic (exact) mass is 490 g/mol. The molecule has 1 heterocycles. The van der Waals surface area contributed by atoms with Crippen LogP contribution in [0, 0.1) is 5.82 Å². The number of anilines is 1. The minimum absolute atomic E-state index is 0.146. The Labute approximate surface area is 187 Å². The molecule has 0 bridgehead atoms. The van der Waals surface area contributed by atoms with E-state index in [0.29, 0.717) is 10.0 Å². The Bertz CT molecular complexity index is 1090. The van der Waals surface area contributed by atoms with E-state index < -0.39 is 39.9 Å². The van der Waals surface area contributed by atoms with Gasteiger partial charge < -0.3 is 14.8 Å². The number of rotatable bonds is 6. The number of nitrogens with one attached hydrogen (secondary N) is 1. The molecule has 8 nitrogen and oxygen atoms in total. The van der Waals surface area contributed by atoms with E-state index in [1.807, 2.05) is 0 Å². The average molecular weight is 491 g/mol. The number of esters is 1. The number of halogens is 3. The summed E-state index contributed by atoms with van der Waals surface area (Å²) in [6.45, 7) is 0.0355. The summed E-state index contributed by atoms with van der Waals surface area (Å²) in [7, 11) is -3.94. The highest BCUT2D eigenvalue weighted by atomic mass is 35.5. The molecule has 1 saturated heterocycles. The third-order valence-electron chi connectivity index (χ3n) is 4.25. The van der Waals surface area contributed by atoms with Crippen LogP contribution in [0.5, 0.6) is 0 Å². The van der Waals surface area contributed by atoms with Crippen molar-refractivity contribution < 1.29 is 31.9 Å². The fraction of sp³-hybridized carbons (Fsp3) is 0.263. The zero-order valence-electron chi connectivity index (χ0n) is 15.9. The van der Waals surface area contributed by atoms with Crippen molar-refractivity contribution in [3.8, 4) is 0 Å². The lowest BCUT2D eigenvalue weighted by atomic mass is 10.2. The van der Waals surface area contributed by atoms with Crippen LogP contribution < -0.4 is 5.32 Å². The van der Waals surface area contributed by atoms with Crippen LogP contribution in [0.15, 0.2) is 41.3 Å². The van der Waals surface area contributed by atoms with E-state index >= 15 is 0 Å². The van der Waals surface area contributed by atoms with Crippen LogP contribution >= 0.6 is 23.2 Å². The molecule has 31 heavy (non-hydrogen) atoms. The predicted molar refractivity (Wildman–Crippen MR) is 111 cm³/mol. The van der Waals surface area contributed by atoms with E-state index in [1.165, 1.54) is 22.5 Å². The standard InChI is InChI=1S/C19H17Cl2FN2O6S/c20-12-7-13(21)9-14(8-12)23-18(25)11-30-19(26)16-10-15(1-2-17(16)22)31(27,28)24-3-5-29-6-4-24/h1-2,7-10H,3-6,11H2,(H,23,25). The highest BCUT2D eigenvalue weighted by Gasteiger charge is 2.28. The quantitative estimate of drug-likeness (QED) is 0.624. The number of carbonyl (C=O) groups is 2. The first kappa shape index (κ1) is 23.4. The Hall–Kier alpha value is -2.24. The average Bonchev–Trinajstić information content (AvgIpc) is 2.72. The lowest BCUT2D eigenvalue weighted by molar-refractivity contribution is -0.119. The smallest absolute Gasteiger partial charge is 0.341 e. The molecule has 0 atom stereocenters. The van der Waals surface area contributed by atoms with Gasteiger partial charge in [0.05, 0.1) is 23.7 Å². The van der Waals surface area contributed by atoms with Gasteiger partial charge in [-0.2, -0.15) is 4.31 Å². The van der Waals surface area contributed by atoms with Crippen LogP contribution in [0.1, 0.15) is 10.4 Å². The van der Waals surface area contributed by atoms with Crippen LogP contribution in [0.4, 0.5) is 10.1 Å². The third kappa shape index (κ3) is 5.92. The third-order valence-corrected chi connectivity index (χ3v) is 6.58. The maximum absolute atomic E-state index is 14.2. The highest BCUT2D eigenvalue weighted by molar-refractivity contribution is 7.89. The van der Waals surface area contributed by atoms with Gasteiger partial charge >= 0.3 is 5.97 Å². The zero-order valence-corrected chi connectivity index (χ0v) is 18.3. The number of nitrogens with zero attached hydrogens (tertiary/aromatic N) is 1. The van der Waals surface area contributed by atoms with Crippen molar-refractivity contribution in [1.82, 2.24) is 4.31 Å². The molecular weight excluding hydrogens is 474 g/mol. The molecule has 0 radical (unpaired) electrons. The van der Waals surface area contributed by atoms with E-state index in [4.69, 9.17) is 32.7 Å².